The molecule has 1 aromatic carbocycles. The summed E-state index contributed by atoms with van der Waals surface area (Å²) in [5.41, 5.74) is -2.50. The maximum absolute atomic E-state index is 14.0. The van der Waals surface area contributed by atoms with Crippen molar-refractivity contribution < 1.29 is 61.9 Å². The molecule has 3 nitrogen and oxygen atoms in total. The van der Waals surface area contributed by atoms with Gasteiger partial charge in [0, 0.05) is 17.8 Å². The molecule has 0 aliphatic carbocycles. The zero-order chi connectivity index (χ0) is 24.7. The van der Waals surface area contributed by atoms with Gasteiger partial charge in [-0.15, -0.1) is 0 Å². The highest BCUT2D eigenvalue weighted by Crippen LogP contribution is 2.62. The van der Waals surface area contributed by atoms with Gasteiger partial charge in [-0.2, -0.15) is 57.1 Å². The first-order valence-corrected chi connectivity index (χ1v) is 7.79. The minimum atomic E-state index is -7.95. The van der Waals surface area contributed by atoms with Crippen LogP contribution in [0.4, 0.5) is 67.6 Å². The first kappa shape index (κ1) is 26.6. The Hall–Kier alpha value is -2.42. The average Bonchev–Trinajstić information content (AvgIpc) is 2.60. The summed E-state index contributed by atoms with van der Waals surface area (Å²) in [6.45, 7) is 1.57. The summed E-state index contributed by atoms with van der Waals surface area (Å²) in [5, 5.41) is 4.14. The van der Waals surface area contributed by atoms with Crippen LogP contribution < -0.4 is 10.6 Å². The Labute approximate surface area is 164 Å². The van der Waals surface area contributed by atoms with E-state index in [4.69, 9.17) is 0 Å². The predicted octanol–water partition coefficient (Wildman–Crippen LogP) is 6.02. The molecule has 2 amide bonds. The van der Waals surface area contributed by atoms with Crippen LogP contribution in [0, 0.1) is 0 Å². The fourth-order valence-corrected chi connectivity index (χ4v) is 2.05. The van der Waals surface area contributed by atoms with E-state index >= 15 is 0 Å². The molecule has 31 heavy (non-hydrogen) atoms. The van der Waals surface area contributed by atoms with Crippen LogP contribution in [-0.4, -0.2) is 42.4 Å². The standard InChI is InChI=1S/C15H11F13N2O/c1-2-29-9(31)30-8-5-3-7(4-6-8)10(16,17)11(18,19)12(20,21)13(22,23)14(24,25)15(26,27)28/h3-6H,2H2,1H3,(H2,29,30,31). The van der Waals surface area contributed by atoms with Gasteiger partial charge in [-0.05, 0) is 19.1 Å². The Morgan fingerprint density at radius 1 is 0.710 bits per heavy atom. The van der Waals surface area contributed by atoms with Crippen molar-refractivity contribution >= 4 is 11.7 Å². The van der Waals surface area contributed by atoms with Crippen LogP contribution in [0.5, 0.6) is 0 Å². The van der Waals surface area contributed by atoms with Crippen LogP contribution in [0.3, 0.4) is 0 Å². The number of hydrogen-bond donors (Lipinski definition) is 2. The van der Waals surface area contributed by atoms with Gasteiger partial charge < -0.3 is 10.6 Å². The SMILES string of the molecule is CCNC(=O)Nc1ccc(C(F)(F)C(F)(F)C(F)(F)C(F)(F)C(F)(F)C(F)(F)F)cc1. The Balaban J connectivity index is 3.38. The number of urea groups is 1. The molecule has 0 aromatic heterocycles. The second-order valence-electron chi connectivity index (χ2n) is 5.93. The number of hydrogen-bond acceptors (Lipinski definition) is 1. The van der Waals surface area contributed by atoms with Crippen molar-refractivity contribution in [2.75, 3.05) is 11.9 Å². The smallest absolute Gasteiger partial charge is 0.338 e. The molecule has 0 radical (unpaired) electrons. The minimum Gasteiger partial charge on any atom is -0.338 e. The van der Waals surface area contributed by atoms with E-state index in [1.54, 1.807) is 0 Å². The predicted molar refractivity (Wildman–Crippen MR) is 78.9 cm³/mol. The zero-order valence-electron chi connectivity index (χ0n) is 14.8. The molecule has 0 unspecified atom stereocenters. The molecule has 16 heteroatoms. The van der Waals surface area contributed by atoms with Gasteiger partial charge in [-0.1, -0.05) is 12.1 Å². The summed E-state index contributed by atoms with van der Waals surface area (Å²) < 4.78 is 170. The summed E-state index contributed by atoms with van der Waals surface area (Å²) in [6, 6.07) is -0.130. The molecule has 1 aromatic rings. The van der Waals surface area contributed by atoms with Gasteiger partial charge in [0.05, 0.1) is 0 Å². The van der Waals surface area contributed by atoms with Crippen LogP contribution in [0.2, 0.25) is 0 Å². The Bertz CT molecular complexity index is 787. The van der Waals surface area contributed by atoms with Crippen molar-refractivity contribution in [1.29, 1.82) is 0 Å². The minimum absolute atomic E-state index is 0.0500. The first-order valence-electron chi connectivity index (χ1n) is 7.79. The molecule has 0 aliphatic rings. The van der Waals surface area contributed by atoms with Crippen LogP contribution in [0.15, 0.2) is 24.3 Å². The van der Waals surface area contributed by atoms with Gasteiger partial charge in [0.15, 0.2) is 0 Å². The normalized spacial score (nSPS) is 14.4. The summed E-state index contributed by atoms with van der Waals surface area (Å²) in [7, 11) is 0. The van der Waals surface area contributed by atoms with Crippen molar-refractivity contribution in [3.63, 3.8) is 0 Å². The van der Waals surface area contributed by atoms with Gasteiger partial charge in [-0.25, -0.2) is 4.79 Å². The van der Waals surface area contributed by atoms with Crippen molar-refractivity contribution in [1.82, 2.24) is 5.32 Å². The summed E-state index contributed by atoms with van der Waals surface area (Å²) in [5.74, 6) is -37.3. The van der Waals surface area contributed by atoms with E-state index in [-0.39, 0.29) is 24.4 Å². The van der Waals surface area contributed by atoms with E-state index in [1.807, 2.05) is 5.32 Å². The maximum atomic E-state index is 14.0. The first-order chi connectivity index (χ1) is 13.7. The molecular formula is C15H11F13N2O. The van der Waals surface area contributed by atoms with Gasteiger partial charge in [0.25, 0.3) is 0 Å². The van der Waals surface area contributed by atoms with Crippen LogP contribution in [0.25, 0.3) is 0 Å². The maximum Gasteiger partial charge on any atom is 0.460 e. The highest BCUT2D eigenvalue weighted by atomic mass is 19.4. The molecule has 0 atom stereocenters. The molecule has 2 N–H and O–H groups in total. The van der Waals surface area contributed by atoms with Crippen molar-refractivity contribution in [2.24, 2.45) is 0 Å². The molecule has 0 saturated heterocycles. The molecule has 0 spiro atoms. The van der Waals surface area contributed by atoms with Gasteiger partial charge in [0.2, 0.25) is 0 Å². The van der Waals surface area contributed by atoms with Crippen LogP contribution in [-0.2, 0) is 5.92 Å². The third-order valence-electron chi connectivity index (χ3n) is 3.78. The fraction of sp³-hybridized carbons (Fsp3) is 0.533. The highest BCUT2D eigenvalue weighted by Gasteiger charge is 2.90. The molecule has 0 saturated carbocycles. The lowest BCUT2D eigenvalue weighted by atomic mass is 9.90. The molecule has 0 heterocycles. The number of amides is 2. The van der Waals surface area contributed by atoms with Gasteiger partial charge >= 0.3 is 41.8 Å². The quantitative estimate of drug-likeness (QED) is 0.459. The fourth-order valence-electron chi connectivity index (χ4n) is 2.05. The van der Waals surface area contributed by atoms with Crippen molar-refractivity contribution in [2.45, 2.75) is 42.7 Å². The molecule has 1 rings (SSSR count). The molecular weight excluding hydrogens is 471 g/mol. The number of benzene rings is 1. The number of alkyl halides is 13. The van der Waals surface area contributed by atoms with Crippen LogP contribution >= 0.6 is 0 Å². The Morgan fingerprint density at radius 3 is 1.52 bits per heavy atom. The topological polar surface area (TPSA) is 41.1 Å². The van der Waals surface area contributed by atoms with Gasteiger partial charge in [-0.3, -0.25) is 0 Å². The van der Waals surface area contributed by atoms with Crippen molar-refractivity contribution in [3.05, 3.63) is 29.8 Å². The summed E-state index contributed by atoms with van der Waals surface area (Å²) in [6.07, 6.45) is -7.46. The summed E-state index contributed by atoms with van der Waals surface area (Å²) >= 11 is 0. The number of nitrogens with one attached hydrogen (secondary N) is 2. The average molecular weight is 482 g/mol. The van der Waals surface area contributed by atoms with E-state index in [2.05, 4.69) is 5.32 Å². The number of anilines is 1. The lowest BCUT2D eigenvalue weighted by Crippen LogP contribution is -2.69. The van der Waals surface area contributed by atoms with E-state index in [9.17, 15) is 61.9 Å². The van der Waals surface area contributed by atoms with Crippen LogP contribution in [0.1, 0.15) is 12.5 Å². The van der Waals surface area contributed by atoms with E-state index in [0.717, 1.165) is 0 Å². The molecule has 0 fully saturated rings. The molecule has 0 aliphatic heterocycles. The monoisotopic (exact) mass is 482 g/mol. The van der Waals surface area contributed by atoms with Crippen molar-refractivity contribution in [3.8, 4) is 0 Å². The van der Waals surface area contributed by atoms with E-state index in [1.165, 1.54) is 6.92 Å². The van der Waals surface area contributed by atoms with E-state index < -0.39 is 47.4 Å². The molecule has 178 valence electrons. The zero-order valence-corrected chi connectivity index (χ0v) is 14.8. The third-order valence-corrected chi connectivity index (χ3v) is 3.78. The second-order valence-corrected chi connectivity index (χ2v) is 5.93. The highest BCUT2D eigenvalue weighted by molar-refractivity contribution is 5.89. The number of carbonyl (C=O) groups is 1. The Morgan fingerprint density at radius 2 is 1.13 bits per heavy atom. The van der Waals surface area contributed by atoms with E-state index in [0.29, 0.717) is 12.1 Å². The largest absolute Gasteiger partial charge is 0.460 e. The number of carbonyl (C=O) groups excluding carboxylic acids is 1. The molecule has 0 bridgehead atoms. The number of rotatable bonds is 7. The second kappa shape index (κ2) is 7.93. The third kappa shape index (κ3) is 4.20. The van der Waals surface area contributed by atoms with Gasteiger partial charge in [0.1, 0.15) is 0 Å². The lowest BCUT2D eigenvalue weighted by Gasteiger charge is -2.39. The lowest BCUT2D eigenvalue weighted by molar-refractivity contribution is -0.441. The number of halogens is 13. The Kier molecular flexibility index (Phi) is 6.81. The summed E-state index contributed by atoms with van der Waals surface area (Å²) in [4.78, 5) is 11.2.